The predicted octanol–water partition coefficient (Wildman–Crippen LogP) is 3.20. The van der Waals surface area contributed by atoms with E-state index in [0.717, 1.165) is 0 Å². The Hall–Kier alpha value is -2.36. The first-order valence-corrected chi connectivity index (χ1v) is 5.29. The highest BCUT2D eigenvalue weighted by Gasteiger charge is 2.12. The van der Waals surface area contributed by atoms with Crippen LogP contribution in [0.2, 0.25) is 0 Å². The first-order valence-electron chi connectivity index (χ1n) is 5.29. The predicted molar refractivity (Wildman–Crippen MR) is 65.3 cm³/mol. The van der Waals surface area contributed by atoms with Crippen LogP contribution in [0.3, 0.4) is 0 Å². The Balaban J connectivity index is 2.59. The van der Waals surface area contributed by atoms with Gasteiger partial charge < -0.3 is 9.84 Å². The van der Waals surface area contributed by atoms with Crippen molar-refractivity contribution in [3.63, 3.8) is 0 Å². The summed E-state index contributed by atoms with van der Waals surface area (Å²) in [5.41, 5.74) is 1.29. The highest BCUT2D eigenvalue weighted by atomic mass is 19.1. The lowest BCUT2D eigenvalue weighted by Gasteiger charge is -2.08. The van der Waals surface area contributed by atoms with Crippen molar-refractivity contribution in [3.8, 4) is 16.9 Å². The molecule has 0 aromatic heterocycles. The van der Waals surface area contributed by atoms with Crippen molar-refractivity contribution < 1.29 is 19.0 Å². The first-order chi connectivity index (χ1) is 8.61. The number of aromatic carboxylic acids is 1. The molecule has 0 spiro atoms. The summed E-state index contributed by atoms with van der Waals surface area (Å²) < 4.78 is 17.9. The van der Waals surface area contributed by atoms with Gasteiger partial charge in [-0.25, -0.2) is 9.18 Å². The zero-order valence-corrected chi connectivity index (χ0v) is 9.68. The van der Waals surface area contributed by atoms with E-state index < -0.39 is 5.97 Å². The van der Waals surface area contributed by atoms with Gasteiger partial charge in [0.15, 0.2) is 0 Å². The number of hydrogen-bond donors (Lipinski definition) is 1. The molecule has 0 atom stereocenters. The van der Waals surface area contributed by atoms with E-state index in [4.69, 9.17) is 9.84 Å². The van der Waals surface area contributed by atoms with Crippen LogP contribution in [-0.4, -0.2) is 18.2 Å². The molecule has 2 aromatic rings. The molecule has 0 radical (unpaired) electrons. The van der Waals surface area contributed by atoms with Gasteiger partial charge in [0.2, 0.25) is 0 Å². The lowest BCUT2D eigenvalue weighted by molar-refractivity contribution is 0.0697. The van der Waals surface area contributed by atoms with E-state index in [0.29, 0.717) is 16.9 Å². The van der Waals surface area contributed by atoms with Crippen LogP contribution in [0.5, 0.6) is 5.75 Å². The number of ether oxygens (including phenoxy) is 1. The van der Waals surface area contributed by atoms with Crippen molar-refractivity contribution in [2.75, 3.05) is 7.11 Å². The van der Waals surface area contributed by atoms with E-state index in [1.165, 1.54) is 37.4 Å². The molecule has 92 valence electrons. The molecule has 0 saturated carbocycles. The number of carboxylic acid groups (broad SMARTS) is 1. The van der Waals surface area contributed by atoms with Crippen molar-refractivity contribution in [1.82, 2.24) is 0 Å². The summed E-state index contributed by atoms with van der Waals surface area (Å²) in [5.74, 6) is -0.838. The van der Waals surface area contributed by atoms with Gasteiger partial charge in [0.1, 0.15) is 11.6 Å². The maximum absolute atomic E-state index is 12.9. The van der Waals surface area contributed by atoms with Crippen LogP contribution in [0.4, 0.5) is 4.39 Å². The lowest BCUT2D eigenvalue weighted by atomic mass is 9.99. The van der Waals surface area contributed by atoms with Gasteiger partial charge in [-0.05, 0) is 41.5 Å². The Morgan fingerprint density at radius 3 is 2.39 bits per heavy atom. The number of hydrogen-bond acceptors (Lipinski definition) is 2. The smallest absolute Gasteiger partial charge is 0.336 e. The minimum atomic E-state index is -1.03. The van der Waals surface area contributed by atoms with Crippen LogP contribution in [0.15, 0.2) is 42.5 Å². The maximum Gasteiger partial charge on any atom is 0.336 e. The summed E-state index contributed by atoms with van der Waals surface area (Å²) in [7, 11) is 1.50. The number of benzene rings is 2. The van der Waals surface area contributed by atoms with Crippen LogP contribution >= 0.6 is 0 Å². The third-order valence-electron chi connectivity index (χ3n) is 2.61. The molecule has 0 heterocycles. The number of methoxy groups -OCH3 is 1. The fourth-order valence-corrected chi connectivity index (χ4v) is 1.71. The standard InChI is InChI=1S/C14H11FO3/c1-18-11-6-7-12(14(16)17)13(8-11)9-2-4-10(15)5-3-9/h2-8H,1H3,(H,16,17). The van der Waals surface area contributed by atoms with Gasteiger partial charge in [0, 0.05) is 0 Å². The number of carbonyl (C=O) groups is 1. The Kier molecular flexibility index (Phi) is 3.28. The van der Waals surface area contributed by atoms with Crippen LogP contribution < -0.4 is 4.74 Å². The second kappa shape index (κ2) is 4.87. The van der Waals surface area contributed by atoms with Crippen molar-refractivity contribution in [1.29, 1.82) is 0 Å². The molecule has 1 N–H and O–H groups in total. The Labute approximate surface area is 103 Å². The Morgan fingerprint density at radius 1 is 1.17 bits per heavy atom. The van der Waals surface area contributed by atoms with Crippen molar-refractivity contribution in [2.24, 2.45) is 0 Å². The molecular weight excluding hydrogens is 235 g/mol. The monoisotopic (exact) mass is 246 g/mol. The van der Waals surface area contributed by atoms with Gasteiger partial charge in [-0.3, -0.25) is 0 Å². The largest absolute Gasteiger partial charge is 0.497 e. The van der Waals surface area contributed by atoms with Crippen LogP contribution in [-0.2, 0) is 0 Å². The second-order valence-corrected chi connectivity index (χ2v) is 3.72. The van der Waals surface area contributed by atoms with E-state index in [1.54, 1.807) is 12.1 Å². The molecule has 2 rings (SSSR count). The average molecular weight is 246 g/mol. The number of rotatable bonds is 3. The summed E-state index contributed by atoms with van der Waals surface area (Å²) in [6, 6.07) is 10.3. The van der Waals surface area contributed by atoms with E-state index in [2.05, 4.69) is 0 Å². The summed E-state index contributed by atoms with van der Waals surface area (Å²) in [5, 5.41) is 9.13. The minimum absolute atomic E-state index is 0.155. The summed E-state index contributed by atoms with van der Waals surface area (Å²) in [6.07, 6.45) is 0. The topological polar surface area (TPSA) is 46.5 Å². The highest BCUT2D eigenvalue weighted by molar-refractivity contribution is 5.96. The van der Waals surface area contributed by atoms with Gasteiger partial charge >= 0.3 is 5.97 Å². The van der Waals surface area contributed by atoms with Gasteiger partial charge in [0.05, 0.1) is 12.7 Å². The van der Waals surface area contributed by atoms with Crippen LogP contribution in [0.25, 0.3) is 11.1 Å². The molecule has 2 aromatic carbocycles. The molecule has 0 saturated heterocycles. The fourth-order valence-electron chi connectivity index (χ4n) is 1.71. The first kappa shape index (κ1) is 12.1. The van der Waals surface area contributed by atoms with Gasteiger partial charge in [-0.15, -0.1) is 0 Å². The van der Waals surface area contributed by atoms with E-state index in [1.807, 2.05) is 0 Å². The molecule has 0 aliphatic heterocycles. The minimum Gasteiger partial charge on any atom is -0.497 e. The van der Waals surface area contributed by atoms with Crippen LogP contribution in [0.1, 0.15) is 10.4 Å². The molecule has 0 aliphatic rings. The fraction of sp³-hybridized carbons (Fsp3) is 0.0714. The maximum atomic E-state index is 12.9. The molecule has 0 aliphatic carbocycles. The van der Waals surface area contributed by atoms with E-state index in [-0.39, 0.29) is 11.4 Å². The average Bonchev–Trinajstić information content (AvgIpc) is 2.38. The third-order valence-corrected chi connectivity index (χ3v) is 2.61. The van der Waals surface area contributed by atoms with Gasteiger partial charge in [-0.1, -0.05) is 12.1 Å². The zero-order valence-electron chi connectivity index (χ0n) is 9.68. The summed E-state index contributed by atoms with van der Waals surface area (Å²) in [4.78, 5) is 11.1. The normalized spacial score (nSPS) is 10.1. The number of carboxylic acids is 1. The molecule has 0 bridgehead atoms. The summed E-state index contributed by atoms with van der Waals surface area (Å²) in [6.45, 7) is 0. The van der Waals surface area contributed by atoms with E-state index in [9.17, 15) is 9.18 Å². The lowest BCUT2D eigenvalue weighted by Crippen LogP contribution is -2.00. The Bertz CT molecular complexity index is 576. The van der Waals surface area contributed by atoms with Crippen LogP contribution in [0, 0.1) is 5.82 Å². The van der Waals surface area contributed by atoms with E-state index >= 15 is 0 Å². The van der Waals surface area contributed by atoms with Gasteiger partial charge in [0.25, 0.3) is 0 Å². The van der Waals surface area contributed by atoms with Crippen molar-refractivity contribution in [2.45, 2.75) is 0 Å². The molecule has 0 amide bonds. The molecule has 0 fully saturated rings. The summed E-state index contributed by atoms with van der Waals surface area (Å²) >= 11 is 0. The molecule has 0 unspecified atom stereocenters. The second-order valence-electron chi connectivity index (χ2n) is 3.72. The molecule has 3 nitrogen and oxygen atoms in total. The quantitative estimate of drug-likeness (QED) is 0.904. The molecule has 4 heteroatoms. The molecular formula is C14H11FO3. The number of halogens is 1. The van der Waals surface area contributed by atoms with Crippen molar-refractivity contribution >= 4 is 5.97 Å². The Morgan fingerprint density at radius 2 is 1.83 bits per heavy atom. The van der Waals surface area contributed by atoms with Gasteiger partial charge in [-0.2, -0.15) is 0 Å². The highest BCUT2D eigenvalue weighted by Crippen LogP contribution is 2.28. The zero-order chi connectivity index (χ0) is 13.1. The SMILES string of the molecule is COc1ccc(C(=O)O)c(-c2ccc(F)cc2)c1. The third kappa shape index (κ3) is 2.32. The molecule has 18 heavy (non-hydrogen) atoms. The van der Waals surface area contributed by atoms with Crippen molar-refractivity contribution in [3.05, 3.63) is 53.8 Å².